The Hall–Kier alpha value is -3.32. The fourth-order valence-corrected chi connectivity index (χ4v) is 3.76. The van der Waals surface area contributed by atoms with Crippen LogP contribution in [0.2, 0.25) is 0 Å². The fraction of sp³-hybridized carbons (Fsp3) is 0.238. The molecule has 4 heterocycles. The lowest BCUT2D eigenvalue weighted by Gasteiger charge is -2.22. The highest BCUT2D eigenvalue weighted by atomic mass is 15.3. The van der Waals surface area contributed by atoms with Crippen molar-refractivity contribution in [1.82, 2.24) is 34.6 Å². The standard InChI is InChI=1S/C21H21N7/c1-2-5-17(6-3-1)20-24-21(26-25-20)18-7-4-11-27(18)14-16-8-9-19(23-13-16)28-12-10-22-15-28/h1-3,5-6,8-10,12-13,15,18H,4,7,11,14H2,(H,24,25,26)/t18-/m0/s1. The lowest BCUT2D eigenvalue weighted by molar-refractivity contribution is 0.240. The van der Waals surface area contributed by atoms with Crippen molar-refractivity contribution in [1.29, 1.82) is 0 Å². The first-order chi connectivity index (χ1) is 13.9. The van der Waals surface area contributed by atoms with Crippen molar-refractivity contribution in [3.63, 3.8) is 0 Å². The van der Waals surface area contributed by atoms with Gasteiger partial charge in [-0.2, -0.15) is 5.10 Å². The summed E-state index contributed by atoms with van der Waals surface area (Å²) < 4.78 is 1.90. The molecule has 7 nitrogen and oxygen atoms in total. The van der Waals surface area contributed by atoms with Crippen LogP contribution in [0.3, 0.4) is 0 Å². The Balaban J connectivity index is 1.31. The van der Waals surface area contributed by atoms with Crippen LogP contribution in [0.1, 0.15) is 30.3 Å². The normalized spacial score (nSPS) is 17.2. The van der Waals surface area contributed by atoms with Gasteiger partial charge in [-0.05, 0) is 31.0 Å². The van der Waals surface area contributed by atoms with E-state index in [0.29, 0.717) is 0 Å². The van der Waals surface area contributed by atoms with Gasteiger partial charge in [0.2, 0.25) is 0 Å². The molecule has 3 aromatic heterocycles. The first-order valence-corrected chi connectivity index (χ1v) is 9.52. The molecule has 1 aliphatic rings. The summed E-state index contributed by atoms with van der Waals surface area (Å²) in [6.45, 7) is 1.90. The second-order valence-corrected chi connectivity index (χ2v) is 7.03. The summed E-state index contributed by atoms with van der Waals surface area (Å²) in [4.78, 5) is 15.9. The molecule has 0 spiro atoms. The highest BCUT2D eigenvalue weighted by Gasteiger charge is 2.29. The van der Waals surface area contributed by atoms with E-state index in [2.05, 4.69) is 31.1 Å². The SMILES string of the molecule is c1ccc(-c2n[nH]c([C@@H]3CCCN3Cc3ccc(-n4ccnc4)nc3)n2)cc1. The Morgan fingerprint density at radius 2 is 2.04 bits per heavy atom. The largest absolute Gasteiger partial charge is 0.291 e. The van der Waals surface area contributed by atoms with E-state index in [1.165, 1.54) is 5.56 Å². The van der Waals surface area contributed by atoms with E-state index in [4.69, 9.17) is 4.98 Å². The van der Waals surface area contributed by atoms with Gasteiger partial charge in [0.05, 0.1) is 6.04 Å². The van der Waals surface area contributed by atoms with E-state index in [-0.39, 0.29) is 6.04 Å². The number of likely N-dealkylation sites (tertiary alicyclic amines) is 1. The smallest absolute Gasteiger partial charge is 0.181 e. The molecule has 0 radical (unpaired) electrons. The van der Waals surface area contributed by atoms with E-state index in [0.717, 1.165) is 49.0 Å². The molecular weight excluding hydrogens is 350 g/mol. The van der Waals surface area contributed by atoms with Crippen LogP contribution in [0.25, 0.3) is 17.2 Å². The average molecular weight is 371 g/mol. The van der Waals surface area contributed by atoms with Gasteiger partial charge in [-0.1, -0.05) is 36.4 Å². The van der Waals surface area contributed by atoms with Crippen molar-refractivity contribution < 1.29 is 0 Å². The molecule has 1 aliphatic heterocycles. The first-order valence-electron chi connectivity index (χ1n) is 9.52. The molecule has 4 aromatic rings. The number of aromatic nitrogens is 6. The summed E-state index contributed by atoms with van der Waals surface area (Å²) in [6.07, 6.45) is 9.60. The van der Waals surface area contributed by atoms with Crippen molar-refractivity contribution in [3.05, 3.63) is 78.8 Å². The Kier molecular flexibility index (Phi) is 4.42. The van der Waals surface area contributed by atoms with Crippen molar-refractivity contribution in [2.45, 2.75) is 25.4 Å². The van der Waals surface area contributed by atoms with Crippen LogP contribution in [-0.2, 0) is 6.54 Å². The van der Waals surface area contributed by atoms with E-state index in [1.54, 1.807) is 12.5 Å². The molecule has 1 fully saturated rings. The molecule has 140 valence electrons. The number of nitrogens with zero attached hydrogens (tertiary/aromatic N) is 6. The number of pyridine rings is 1. The molecule has 1 N–H and O–H groups in total. The third kappa shape index (κ3) is 3.32. The average Bonchev–Trinajstić information content (AvgIpc) is 3.51. The quantitative estimate of drug-likeness (QED) is 0.582. The third-order valence-corrected chi connectivity index (χ3v) is 5.18. The maximum atomic E-state index is 4.77. The van der Waals surface area contributed by atoms with Crippen LogP contribution >= 0.6 is 0 Å². The predicted molar refractivity (Wildman–Crippen MR) is 106 cm³/mol. The minimum Gasteiger partial charge on any atom is -0.291 e. The molecule has 0 amide bonds. The molecule has 28 heavy (non-hydrogen) atoms. The molecule has 0 aliphatic carbocycles. The lowest BCUT2D eigenvalue weighted by atomic mass is 10.2. The van der Waals surface area contributed by atoms with Gasteiger partial charge in [0.15, 0.2) is 5.82 Å². The predicted octanol–water partition coefficient (Wildman–Crippen LogP) is 3.39. The summed E-state index contributed by atoms with van der Waals surface area (Å²) in [5.74, 6) is 2.58. The van der Waals surface area contributed by atoms with Crippen LogP contribution in [-0.4, -0.2) is 41.2 Å². The second-order valence-electron chi connectivity index (χ2n) is 7.03. The Bertz CT molecular complexity index is 1020. The molecule has 0 unspecified atom stereocenters. The lowest BCUT2D eigenvalue weighted by Crippen LogP contribution is -2.23. The highest BCUT2D eigenvalue weighted by Crippen LogP contribution is 2.32. The van der Waals surface area contributed by atoms with Crippen molar-refractivity contribution >= 4 is 0 Å². The molecule has 1 saturated heterocycles. The Morgan fingerprint density at radius 3 is 2.82 bits per heavy atom. The minimum atomic E-state index is 0.262. The number of H-pyrrole nitrogens is 1. The van der Waals surface area contributed by atoms with Crippen LogP contribution in [0.4, 0.5) is 0 Å². The van der Waals surface area contributed by atoms with Gasteiger partial charge in [0.1, 0.15) is 18.0 Å². The van der Waals surface area contributed by atoms with E-state index < -0.39 is 0 Å². The molecule has 7 heteroatoms. The fourth-order valence-electron chi connectivity index (χ4n) is 3.76. The summed E-state index contributed by atoms with van der Waals surface area (Å²) in [6, 6.07) is 14.5. The molecule has 1 aromatic carbocycles. The van der Waals surface area contributed by atoms with Crippen LogP contribution in [0.15, 0.2) is 67.4 Å². The van der Waals surface area contributed by atoms with Gasteiger partial charge in [0.25, 0.3) is 0 Å². The number of benzene rings is 1. The zero-order chi connectivity index (χ0) is 18.8. The van der Waals surface area contributed by atoms with Crippen LogP contribution < -0.4 is 0 Å². The van der Waals surface area contributed by atoms with Gasteiger partial charge in [-0.25, -0.2) is 15.0 Å². The van der Waals surface area contributed by atoms with Crippen molar-refractivity contribution in [2.75, 3.05) is 6.54 Å². The Morgan fingerprint density at radius 1 is 1.11 bits per heavy atom. The van der Waals surface area contributed by atoms with Gasteiger partial charge >= 0.3 is 0 Å². The number of imidazole rings is 1. The maximum Gasteiger partial charge on any atom is 0.181 e. The molecule has 5 rings (SSSR count). The van der Waals surface area contributed by atoms with Crippen molar-refractivity contribution in [3.8, 4) is 17.2 Å². The van der Waals surface area contributed by atoms with E-state index >= 15 is 0 Å². The number of hydrogen-bond donors (Lipinski definition) is 1. The zero-order valence-corrected chi connectivity index (χ0v) is 15.4. The van der Waals surface area contributed by atoms with Crippen LogP contribution in [0.5, 0.6) is 0 Å². The van der Waals surface area contributed by atoms with Gasteiger partial charge in [0, 0.05) is 30.7 Å². The summed E-state index contributed by atoms with van der Waals surface area (Å²) >= 11 is 0. The molecule has 0 bridgehead atoms. The third-order valence-electron chi connectivity index (χ3n) is 5.18. The van der Waals surface area contributed by atoms with E-state index in [9.17, 15) is 0 Å². The van der Waals surface area contributed by atoms with Gasteiger partial charge < -0.3 is 0 Å². The number of rotatable bonds is 5. The van der Waals surface area contributed by atoms with Crippen LogP contribution in [0, 0.1) is 0 Å². The zero-order valence-electron chi connectivity index (χ0n) is 15.4. The molecule has 1 atom stereocenters. The topological polar surface area (TPSA) is 75.5 Å². The summed E-state index contributed by atoms with van der Waals surface area (Å²) in [7, 11) is 0. The number of hydrogen-bond acceptors (Lipinski definition) is 5. The van der Waals surface area contributed by atoms with Crippen molar-refractivity contribution in [2.24, 2.45) is 0 Å². The highest BCUT2D eigenvalue weighted by molar-refractivity contribution is 5.53. The second kappa shape index (κ2) is 7.36. The van der Waals surface area contributed by atoms with Gasteiger partial charge in [-0.3, -0.25) is 14.6 Å². The number of aromatic amines is 1. The maximum absolute atomic E-state index is 4.77. The first kappa shape index (κ1) is 16.8. The molecule has 0 saturated carbocycles. The Labute approximate surface area is 163 Å². The van der Waals surface area contributed by atoms with E-state index in [1.807, 2.05) is 53.4 Å². The minimum absolute atomic E-state index is 0.262. The van der Waals surface area contributed by atoms with Gasteiger partial charge in [-0.15, -0.1) is 0 Å². The monoisotopic (exact) mass is 371 g/mol. The number of nitrogens with one attached hydrogen (secondary N) is 1. The summed E-state index contributed by atoms with van der Waals surface area (Å²) in [5, 5.41) is 7.59. The molecular formula is C21H21N7. The summed E-state index contributed by atoms with van der Waals surface area (Å²) in [5.41, 5.74) is 2.23.